The van der Waals surface area contributed by atoms with Crippen LogP contribution in [0.3, 0.4) is 0 Å². The van der Waals surface area contributed by atoms with Gasteiger partial charge in [-0.05, 0) is 97.4 Å². The Morgan fingerprint density at radius 3 is 1.32 bits per heavy atom. The highest BCUT2D eigenvalue weighted by atomic mass is 16.1. The molecule has 0 radical (unpaired) electrons. The van der Waals surface area contributed by atoms with Gasteiger partial charge in [-0.25, -0.2) is 0 Å². The Kier molecular flexibility index (Phi) is 20.7. The zero-order valence-electron chi connectivity index (χ0n) is 16.3. The molecule has 0 rings (SSSR count). The lowest BCUT2D eigenvalue weighted by atomic mass is 10.3. The van der Waals surface area contributed by atoms with Crippen molar-refractivity contribution in [2.45, 2.75) is 45.4 Å². The fourth-order valence-electron chi connectivity index (χ4n) is 2.39. The fourth-order valence-corrected chi connectivity index (χ4v) is 2.39. The highest BCUT2D eigenvalue weighted by Crippen LogP contribution is 1.83. The molecular weight excluding hydrogens is 316 g/mol. The maximum atomic E-state index is 10.7. The van der Waals surface area contributed by atoms with E-state index in [2.05, 4.69) is 26.6 Å². The van der Waals surface area contributed by atoms with Crippen LogP contribution in [0.5, 0.6) is 0 Å². The third-order valence-electron chi connectivity index (χ3n) is 3.83. The molecule has 7 N–H and O–H groups in total. The third-order valence-corrected chi connectivity index (χ3v) is 3.83. The van der Waals surface area contributed by atoms with Crippen LogP contribution >= 0.6 is 0 Å². The van der Waals surface area contributed by atoms with Crippen LogP contribution in [0.4, 0.5) is 0 Å². The number of unbranched alkanes of at least 4 members (excludes halogenated alkanes) is 1. The van der Waals surface area contributed by atoms with Crippen LogP contribution in [0.15, 0.2) is 0 Å². The Labute approximate surface area is 154 Å². The van der Waals surface area contributed by atoms with Crippen molar-refractivity contribution in [2.24, 2.45) is 5.73 Å². The quantitative estimate of drug-likeness (QED) is 0.168. The summed E-state index contributed by atoms with van der Waals surface area (Å²) in [6.07, 6.45) is 6.79. The zero-order chi connectivity index (χ0) is 18.4. The van der Waals surface area contributed by atoms with Gasteiger partial charge in [0.1, 0.15) is 0 Å². The summed E-state index contributed by atoms with van der Waals surface area (Å²) in [5.74, 6) is 0.0497. The van der Waals surface area contributed by atoms with Crippen LogP contribution in [0.2, 0.25) is 0 Å². The summed E-state index contributed by atoms with van der Waals surface area (Å²) in [5, 5.41) is 16.6. The Morgan fingerprint density at radius 2 is 0.960 bits per heavy atom. The topological polar surface area (TPSA) is 103 Å². The van der Waals surface area contributed by atoms with Gasteiger partial charge in [0, 0.05) is 13.5 Å². The Bertz CT molecular complexity index is 278. The van der Waals surface area contributed by atoms with Crippen LogP contribution in [0, 0.1) is 0 Å². The molecule has 0 saturated heterocycles. The molecule has 1 amide bonds. The molecule has 0 aliphatic carbocycles. The van der Waals surface area contributed by atoms with Gasteiger partial charge in [-0.15, -0.1) is 0 Å². The summed E-state index contributed by atoms with van der Waals surface area (Å²) < 4.78 is 0. The molecule has 0 aromatic carbocycles. The van der Waals surface area contributed by atoms with E-state index in [1.807, 2.05) is 0 Å². The first-order chi connectivity index (χ1) is 12.3. The van der Waals surface area contributed by atoms with Gasteiger partial charge in [0.2, 0.25) is 5.91 Å². The minimum absolute atomic E-state index is 0.0497. The van der Waals surface area contributed by atoms with Gasteiger partial charge < -0.3 is 32.3 Å². The van der Waals surface area contributed by atoms with E-state index in [0.717, 1.165) is 84.7 Å². The van der Waals surface area contributed by atoms with Crippen LogP contribution < -0.4 is 32.3 Å². The van der Waals surface area contributed by atoms with E-state index >= 15 is 0 Å². The standard InChI is InChI=1S/C18H42N6O/c1-18(25)24-17-7-16-23-15-6-14-22-13-5-12-21-11-4-10-20-9-3-2-8-19/h20-23H,2-17,19H2,1H3,(H,24,25). The molecule has 0 saturated carbocycles. The van der Waals surface area contributed by atoms with Gasteiger partial charge >= 0.3 is 0 Å². The van der Waals surface area contributed by atoms with Crippen molar-refractivity contribution in [1.29, 1.82) is 0 Å². The molecule has 0 aromatic rings. The number of carbonyl (C=O) groups is 1. The lowest BCUT2D eigenvalue weighted by Gasteiger charge is -2.08. The summed E-state index contributed by atoms with van der Waals surface area (Å²) in [5.41, 5.74) is 5.46. The van der Waals surface area contributed by atoms with Crippen molar-refractivity contribution in [3.05, 3.63) is 0 Å². The molecule has 0 aliphatic rings. The maximum Gasteiger partial charge on any atom is 0.216 e. The predicted octanol–water partition coefficient (Wildman–Crippen LogP) is -0.220. The number of hydrogen-bond donors (Lipinski definition) is 6. The van der Waals surface area contributed by atoms with E-state index in [9.17, 15) is 4.79 Å². The first-order valence-electron chi connectivity index (χ1n) is 10.0. The van der Waals surface area contributed by atoms with E-state index in [0.29, 0.717) is 0 Å². The SMILES string of the molecule is CC(=O)NCCCNCCCNCCCNCCCNCCCCN. The van der Waals surface area contributed by atoms with E-state index in [-0.39, 0.29) is 5.91 Å². The van der Waals surface area contributed by atoms with Crippen molar-refractivity contribution in [3.63, 3.8) is 0 Å². The third kappa shape index (κ3) is 23.3. The molecule has 0 aliphatic heterocycles. The zero-order valence-corrected chi connectivity index (χ0v) is 16.3. The van der Waals surface area contributed by atoms with E-state index < -0.39 is 0 Å². The average Bonchev–Trinajstić information content (AvgIpc) is 2.60. The largest absolute Gasteiger partial charge is 0.356 e. The maximum absolute atomic E-state index is 10.7. The van der Waals surface area contributed by atoms with Crippen LogP contribution in [-0.2, 0) is 4.79 Å². The van der Waals surface area contributed by atoms with Crippen LogP contribution in [-0.4, -0.2) is 71.4 Å². The Morgan fingerprint density at radius 1 is 0.600 bits per heavy atom. The first kappa shape index (κ1) is 24.3. The predicted molar refractivity (Wildman–Crippen MR) is 107 cm³/mol. The first-order valence-corrected chi connectivity index (χ1v) is 10.0. The summed E-state index contributed by atoms with van der Waals surface area (Å²) in [7, 11) is 0. The molecular formula is C18H42N6O. The summed E-state index contributed by atoms with van der Waals surface area (Å²) in [6, 6.07) is 0. The monoisotopic (exact) mass is 358 g/mol. The second kappa shape index (κ2) is 21.3. The highest BCUT2D eigenvalue weighted by molar-refractivity contribution is 5.72. The molecule has 0 atom stereocenters. The molecule has 0 spiro atoms. The fraction of sp³-hybridized carbons (Fsp3) is 0.944. The number of amides is 1. The number of nitrogens with two attached hydrogens (primary N) is 1. The lowest BCUT2D eigenvalue weighted by molar-refractivity contribution is -0.118. The van der Waals surface area contributed by atoms with Crippen molar-refractivity contribution >= 4 is 5.91 Å². The van der Waals surface area contributed by atoms with Crippen LogP contribution in [0.25, 0.3) is 0 Å². The summed E-state index contributed by atoms with van der Waals surface area (Å²) >= 11 is 0. The number of rotatable bonds is 20. The van der Waals surface area contributed by atoms with E-state index in [1.54, 1.807) is 6.92 Å². The molecule has 0 unspecified atom stereocenters. The van der Waals surface area contributed by atoms with Gasteiger partial charge in [-0.2, -0.15) is 0 Å². The average molecular weight is 359 g/mol. The van der Waals surface area contributed by atoms with Crippen molar-refractivity contribution < 1.29 is 4.79 Å². The van der Waals surface area contributed by atoms with Gasteiger partial charge in [0.15, 0.2) is 0 Å². The minimum atomic E-state index is 0.0497. The Balaban J connectivity index is 2.97. The van der Waals surface area contributed by atoms with Crippen molar-refractivity contribution in [2.75, 3.05) is 65.4 Å². The summed E-state index contributed by atoms with van der Waals surface area (Å²) in [4.78, 5) is 10.7. The normalized spacial score (nSPS) is 11.0. The smallest absolute Gasteiger partial charge is 0.216 e. The molecule has 0 fully saturated rings. The van der Waals surface area contributed by atoms with E-state index in [1.165, 1.54) is 19.3 Å². The van der Waals surface area contributed by atoms with Crippen molar-refractivity contribution in [3.8, 4) is 0 Å². The van der Waals surface area contributed by atoms with E-state index in [4.69, 9.17) is 5.73 Å². The lowest BCUT2D eigenvalue weighted by Crippen LogP contribution is -2.28. The second-order valence-electron chi connectivity index (χ2n) is 6.39. The second-order valence-corrected chi connectivity index (χ2v) is 6.39. The number of nitrogens with one attached hydrogen (secondary N) is 5. The van der Waals surface area contributed by atoms with Gasteiger partial charge in [0.05, 0.1) is 0 Å². The summed E-state index contributed by atoms with van der Waals surface area (Å²) in [6.45, 7) is 11.6. The molecule has 0 bridgehead atoms. The molecule has 7 nitrogen and oxygen atoms in total. The van der Waals surface area contributed by atoms with Gasteiger partial charge in [0.25, 0.3) is 0 Å². The molecule has 25 heavy (non-hydrogen) atoms. The van der Waals surface area contributed by atoms with Gasteiger partial charge in [-0.3, -0.25) is 4.79 Å². The molecule has 150 valence electrons. The number of carbonyl (C=O) groups excluding carboxylic acids is 1. The van der Waals surface area contributed by atoms with Crippen molar-refractivity contribution in [1.82, 2.24) is 26.6 Å². The van der Waals surface area contributed by atoms with Crippen LogP contribution in [0.1, 0.15) is 45.4 Å². The molecule has 0 aromatic heterocycles. The Hall–Kier alpha value is -0.730. The van der Waals surface area contributed by atoms with Gasteiger partial charge in [-0.1, -0.05) is 0 Å². The number of hydrogen-bond acceptors (Lipinski definition) is 6. The highest BCUT2D eigenvalue weighted by Gasteiger charge is 1.93. The molecule has 0 heterocycles. The molecule has 7 heteroatoms. The minimum Gasteiger partial charge on any atom is -0.356 e.